The molecule has 1 fully saturated rings. The van der Waals surface area contributed by atoms with E-state index >= 15 is 0 Å². The first-order valence-electron chi connectivity index (χ1n) is 9.06. The van der Waals surface area contributed by atoms with E-state index in [1.54, 1.807) is 0 Å². The van der Waals surface area contributed by atoms with Gasteiger partial charge in [-0.05, 0) is 47.5 Å². The van der Waals surface area contributed by atoms with Crippen molar-refractivity contribution in [3.8, 4) is 11.8 Å². The molecule has 128 valence electrons. The number of hydrogen-bond acceptors (Lipinski definition) is 1. The smallest absolute Gasteiger partial charge is 0.0940 e. The number of fused-ring (bicyclic) bond motifs is 2. The number of hydrogen-bond donors (Lipinski definition) is 0. The van der Waals surface area contributed by atoms with E-state index in [0.717, 1.165) is 12.0 Å². The monoisotopic (exact) mass is 322 g/mol. The maximum absolute atomic E-state index is 6.39. The van der Waals surface area contributed by atoms with Crippen LogP contribution in [0.2, 0.25) is 0 Å². The van der Waals surface area contributed by atoms with E-state index in [9.17, 15) is 0 Å². The molecule has 3 atom stereocenters. The van der Waals surface area contributed by atoms with E-state index in [1.807, 2.05) is 0 Å². The maximum atomic E-state index is 6.39. The fourth-order valence-electron chi connectivity index (χ4n) is 4.13. The average Bonchev–Trinajstić information content (AvgIpc) is 3.03. The van der Waals surface area contributed by atoms with Crippen molar-refractivity contribution in [1.29, 1.82) is 0 Å². The zero-order chi connectivity index (χ0) is 17.7. The molecular formula is C23H30O. The van der Waals surface area contributed by atoms with Crippen LogP contribution >= 0.6 is 0 Å². The molecular weight excluding hydrogens is 292 g/mol. The third-order valence-electron chi connectivity index (χ3n) is 5.11. The predicted octanol–water partition coefficient (Wildman–Crippen LogP) is 5.52. The third kappa shape index (κ3) is 3.17. The molecule has 24 heavy (non-hydrogen) atoms. The van der Waals surface area contributed by atoms with Crippen LogP contribution in [0.1, 0.15) is 59.1 Å². The van der Waals surface area contributed by atoms with Crippen molar-refractivity contribution >= 4 is 0 Å². The number of ether oxygens (including phenoxy) is 1. The molecule has 2 aliphatic heterocycles. The van der Waals surface area contributed by atoms with E-state index in [-0.39, 0.29) is 23.0 Å². The van der Waals surface area contributed by atoms with Crippen molar-refractivity contribution in [1.82, 2.24) is 0 Å². The van der Waals surface area contributed by atoms with Crippen molar-refractivity contribution in [3.05, 3.63) is 46.5 Å². The Bertz CT molecular complexity index is 711. The third-order valence-corrected chi connectivity index (χ3v) is 5.11. The van der Waals surface area contributed by atoms with Gasteiger partial charge in [-0.3, -0.25) is 0 Å². The van der Waals surface area contributed by atoms with Gasteiger partial charge >= 0.3 is 0 Å². The Labute approximate surface area is 147 Å². The van der Waals surface area contributed by atoms with Gasteiger partial charge in [-0.2, -0.15) is 0 Å². The molecule has 0 amide bonds. The van der Waals surface area contributed by atoms with Crippen LogP contribution in [0.15, 0.2) is 35.4 Å². The molecule has 0 aliphatic carbocycles. The highest BCUT2D eigenvalue weighted by atomic mass is 16.5. The first kappa shape index (κ1) is 17.3. The van der Waals surface area contributed by atoms with Gasteiger partial charge in [0.2, 0.25) is 0 Å². The molecule has 2 aliphatic rings. The van der Waals surface area contributed by atoms with Crippen molar-refractivity contribution in [2.45, 2.75) is 67.1 Å². The Morgan fingerprint density at radius 1 is 0.917 bits per heavy atom. The standard InChI is InChI=1S/C23H30O/c1-15-8-10-16(11-9-15)12-13-17-14-18-19(22(2,3)4)20(21(17)24-18)23(5,6)7/h8-11,17-18,21H,14H2,1-7H3. The molecule has 1 aromatic carbocycles. The van der Waals surface area contributed by atoms with Gasteiger partial charge in [0.25, 0.3) is 0 Å². The number of benzene rings is 1. The molecule has 2 bridgehead atoms. The van der Waals surface area contributed by atoms with E-state index in [4.69, 9.17) is 4.74 Å². The van der Waals surface area contributed by atoms with Crippen LogP contribution in [0.4, 0.5) is 0 Å². The maximum Gasteiger partial charge on any atom is 0.0940 e. The summed E-state index contributed by atoms with van der Waals surface area (Å²) in [5.41, 5.74) is 5.68. The largest absolute Gasteiger partial charge is 0.365 e. The quantitative estimate of drug-likeness (QED) is 0.451. The first-order valence-corrected chi connectivity index (χ1v) is 9.06. The summed E-state index contributed by atoms with van der Waals surface area (Å²) in [5.74, 6) is 7.20. The van der Waals surface area contributed by atoms with Gasteiger partial charge in [-0.1, -0.05) is 71.1 Å². The Hall–Kier alpha value is -1.52. The van der Waals surface area contributed by atoms with E-state index in [1.165, 1.54) is 16.7 Å². The molecule has 0 saturated carbocycles. The van der Waals surface area contributed by atoms with E-state index in [0.29, 0.717) is 5.92 Å². The van der Waals surface area contributed by atoms with Crippen molar-refractivity contribution in [2.24, 2.45) is 16.7 Å². The minimum Gasteiger partial charge on any atom is -0.365 e. The summed E-state index contributed by atoms with van der Waals surface area (Å²) in [6, 6.07) is 8.47. The summed E-state index contributed by atoms with van der Waals surface area (Å²) in [6.07, 6.45) is 1.46. The fourth-order valence-corrected chi connectivity index (χ4v) is 4.13. The predicted molar refractivity (Wildman–Crippen MR) is 101 cm³/mol. The van der Waals surface area contributed by atoms with Crippen LogP contribution < -0.4 is 0 Å². The first-order chi connectivity index (χ1) is 11.1. The van der Waals surface area contributed by atoms with Crippen LogP contribution in [-0.2, 0) is 4.74 Å². The van der Waals surface area contributed by atoms with Gasteiger partial charge in [0.15, 0.2) is 0 Å². The summed E-state index contributed by atoms with van der Waals surface area (Å²) in [5, 5.41) is 0. The zero-order valence-corrected chi connectivity index (χ0v) is 16.2. The highest BCUT2D eigenvalue weighted by molar-refractivity contribution is 5.43. The van der Waals surface area contributed by atoms with Crippen LogP contribution in [-0.4, -0.2) is 12.2 Å². The molecule has 1 heteroatoms. The molecule has 1 nitrogen and oxygen atoms in total. The second kappa shape index (κ2) is 5.78. The normalized spacial score (nSPS) is 26.5. The Morgan fingerprint density at radius 3 is 2.04 bits per heavy atom. The molecule has 3 rings (SSSR count). The molecule has 3 unspecified atom stereocenters. The second-order valence-electron chi connectivity index (χ2n) is 9.35. The number of rotatable bonds is 0. The topological polar surface area (TPSA) is 9.23 Å². The molecule has 0 radical (unpaired) electrons. The SMILES string of the molecule is Cc1ccc(C#CC2CC3OC2C(C(C)(C)C)=C3C(C)(C)C)cc1. The molecule has 1 aromatic rings. The van der Waals surface area contributed by atoms with Gasteiger partial charge in [-0.15, -0.1) is 0 Å². The Morgan fingerprint density at radius 2 is 1.50 bits per heavy atom. The van der Waals surface area contributed by atoms with Gasteiger partial charge in [0.05, 0.1) is 18.1 Å². The van der Waals surface area contributed by atoms with Crippen LogP contribution in [0, 0.1) is 35.5 Å². The molecule has 1 saturated heterocycles. The summed E-state index contributed by atoms with van der Waals surface area (Å²) in [6.45, 7) is 16.0. The second-order valence-corrected chi connectivity index (χ2v) is 9.35. The van der Waals surface area contributed by atoms with Crippen LogP contribution in [0.25, 0.3) is 0 Å². The van der Waals surface area contributed by atoms with Crippen molar-refractivity contribution in [3.63, 3.8) is 0 Å². The summed E-state index contributed by atoms with van der Waals surface area (Å²) in [4.78, 5) is 0. The summed E-state index contributed by atoms with van der Waals surface area (Å²) >= 11 is 0. The summed E-state index contributed by atoms with van der Waals surface area (Å²) < 4.78 is 6.39. The molecule has 2 heterocycles. The average molecular weight is 322 g/mol. The van der Waals surface area contributed by atoms with Gasteiger partial charge in [0, 0.05) is 5.56 Å². The lowest BCUT2D eigenvalue weighted by Crippen LogP contribution is -2.31. The minimum absolute atomic E-state index is 0.131. The van der Waals surface area contributed by atoms with E-state index in [2.05, 4.69) is 84.6 Å². The fraction of sp³-hybridized carbons (Fsp3) is 0.565. The lowest BCUT2D eigenvalue weighted by Gasteiger charge is -2.35. The lowest BCUT2D eigenvalue weighted by atomic mass is 9.67. The molecule has 0 aromatic heterocycles. The minimum atomic E-state index is 0.131. The van der Waals surface area contributed by atoms with Crippen molar-refractivity contribution < 1.29 is 4.74 Å². The summed E-state index contributed by atoms with van der Waals surface area (Å²) in [7, 11) is 0. The van der Waals surface area contributed by atoms with E-state index < -0.39 is 0 Å². The highest BCUT2D eigenvalue weighted by Crippen LogP contribution is 2.54. The molecule has 0 spiro atoms. The Balaban J connectivity index is 1.92. The van der Waals surface area contributed by atoms with Crippen LogP contribution in [0.3, 0.4) is 0 Å². The number of aryl methyl sites for hydroxylation is 1. The van der Waals surface area contributed by atoms with Gasteiger partial charge in [0.1, 0.15) is 0 Å². The van der Waals surface area contributed by atoms with Crippen LogP contribution in [0.5, 0.6) is 0 Å². The highest BCUT2D eigenvalue weighted by Gasteiger charge is 2.51. The Kier molecular flexibility index (Phi) is 4.17. The van der Waals surface area contributed by atoms with Gasteiger partial charge in [-0.25, -0.2) is 0 Å². The van der Waals surface area contributed by atoms with Crippen molar-refractivity contribution in [2.75, 3.05) is 0 Å². The zero-order valence-electron chi connectivity index (χ0n) is 16.2. The van der Waals surface area contributed by atoms with Gasteiger partial charge < -0.3 is 4.74 Å². The molecule has 0 N–H and O–H groups in total. The lowest BCUT2D eigenvalue weighted by molar-refractivity contribution is 0.0934.